The van der Waals surface area contributed by atoms with Crippen molar-refractivity contribution in [3.8, 4) is 0 Å². The number of halogens is 1. The van der Waals surface area contributed by atoms with Gasteiger partial charge in [-0.2, -0.15) is 0 Å². The molecule has 1 aliphatic heterocycles. The lowest BCUT2D eigenvalue weighted by molar-refractivity contribution is 0.140. The molecule has 1 aromatic rings. The normalized spacial score (nSPS) is 19.1. The molecule has 1 heterocycles. The molecule has 3 nitrogen and oxygen atoms in total. The maximum Gasteiger partial charge on any atom is 0.0593 e. The van der Waals surface area contributed by atoms with Crippen molar-refractivity contribution >= 4 is 15.9 Å². The van der Waals surface area contributed by atoms with Crippen LogP contribution in [0.2, 0.25) is 0 Å². The van der Waals surface area contributed by atoms with Crippen LogP contribution in [0.3, 0.4) is 0 Å². The number of benzene rings is 1. The highest BCUT2D eigenvalue weighted by molar-refractivity contribution is 9.10. The summed E-state index contributed by atoms with van der Waals surface area (Å²) >= 11 is 3.48. The Morgan fingerprint density at radius 3 is 2.79 bits per heavy atom. The number of ether oxygens (including phenoxy) is 1. The molecule has 0 aromatic heterocycles. The second-order valence-electron chi connectivity index (χ2n) is 4.99. The van der Waals surface area contributed by atoms with Gasteiger partial charge in [-0.05, 0) is 37.6 Å². The van der Waals surface area contributed by atoms with Gasteiger partial charge in [0.2, 0.25) is 0 Å². The van der Waals surface area contributed by atoms with Crippen LogP contribution in [-0.2, 0) is 4.74 Å². The monoisotopic (exact) mass is 326 g/mol. The highest BCUT2D eigenvalue weighted by atomic mass is 79.9. The van der Waals surface area contributed by atoms with Gasteiger partial charge >= 0.3 is 0 Å². The minimum absolute atomic E-state index is 0.428. The topological polar surface area (TPSA) is 24.5 Å². The van der Waals surface area contributed by atoms with Crippen LogP contribution in [0.5, 0.6) is 0 Å². The van der Waals surface area contributed by atoms with E-state index < -0.39 is 0 Å². The second kappa shape index (κ2) is 8.00. The Balaban J connectivity index is 1.86. The van der Waals surface area contributed by atoms with Gasteiger partial charge in [0.1, 0.15) is 0 Å². The third-order valence-corrected chi connectivity index (χ3v) is 4.20. The van der Waals surface area contributed by atoms with Crippen LogP contribution in [0.15, 0.2) is 28.7 Å². The van der Waals surface area contributed by atoms with E-state index >= 15 is 0 Å². The van der Waals surface area contributed by atoms with Gasteiger partial charge in [-0.15, -0.1) is 0 Å². The maximum absolute atomic E-state index is 5.49. The van der Waals surface area contributed by atoms with E-state index in [9.17, 15) is 0 Å². The third kappa shape index (κ3) is 4.88. The minimum atomic E-state index is 0.428. The van der Waals surface area contributed by atoms with Crippen LogP contribution in [0.4, 0.5) is 0 Å². The van der Waals surface area contributed by atoms with Crippen LogP contribution in [-0.4, -0.2) is 44.8 Å². The van der Waals surface area contributed by atoms with E-state index in [1.54, 1.807) is 0 Å². The highest BCUT2D eigenvalue weighted by Crippen LogP contribution is 2.19. The van der Waals surface area contributed by atoms with E-state index in [1.165, 1.54) is 5.56 Å². The molecule has 1 saturated heterocycles. The minimum Gasteiger partial charge on any atom is -0.380 e. The molecule has 106 valence electrons. The first kappa shape index (κ1) is 15.0. The van der Waals surface area contributed by atoms with E-state index in [1.807, 2.05) is 7.05 Å². The van der Waals surface area contributed by atoms with E-state index in [-0.39, 0.29) is 0 Å². The molecular formula is C15H23BrN2O. The van der Waals surface area contributed by atoms with Crippen molar-refractivity contribution in [2.45, 2.75) is 18.9 Å². The van der Waals surface area contributed by atoms with Crippen molar-refractivity contribution in [3.05, 3.63) is 34.3 Å². The van der Waals surface area contributed by atoms with Gasteiger partial charge in [0, 0.05) is 36.8 Å². The van der Waals surface area contributed by atoms with Gasteiger partial charge in [0.25, 0.3) is 0 Å². The van der Waals surface area contributed by atoms with Crippen molar-refractivity contribution in [2.75, 3.05) is 39.9 Å². The van der Waals surface area contributed by atoms with Gasteiger partial charge in [0.05, 0.1) is 6.61 Å². The smallest absolute Gasteiger partial charge is 0.0593 e. The summed E-state index contributed by atoms with van der Waals surface area (Å²) in [5.74, 6) is 0. The first-order valence-electron chi connectivity index (χ1n) is 7.02. The summed E-state index contributed by atoms with van der Waals surface area (Å²) in [6, 6.07) is 9.03. The first-order chi connectivity index (χ1) is 9.29. The molecule has 0 amide bonds. The zero-order valence-corrected chi connectivity index (χ0v) is 13.2. The number of hydrogen-bond donors (Lipinski definition) is 1. The zero-order valence-electron chi connectivity index (χ0n) is 11.6. The van der Waals surface area contributed by atoms with Crippen LogP contribution in [0, 0.1) is 0 Å². The fraction of sp³-hybridized carbons (Fsp3) is 0.600. The molecule has 0 bridgehead atoms. The maximum atomic E-state index is 5.49. The fourth-order valence-corrected chi connectivity index (χ4v) is 2.77. The lowest BCUT2D eigenvalue weighted by Crippen LogP contribution is -2.30. The molecule has 1 N–H and O–H groups in total. The number of rotatable bonds is 5. The number of nitrogens with zero attached hydrogens (tertiary/aromatic N) is 1. The van der Waals surface area contributed by atoms with E-state index in [4.69, 9.17) is 4.74 Å². The molecule has 19 heavy (non-hydrogen) atoms. The largest absolute Gasteiger partial charge is 0.380 e. The van der Waals surface area contributed by atoms with Crippen molar-refractivity contribution in [2.24, 2.45) is 0 Å². The standard InChI is InChI=1S/C15H23BrN2O/c1-17-15(13-3-5-14(16)6-4-13)7-9-18-8-2-11-19-12-10-18/h3-6,15,17H,2,7-12H2,1H3. The average Bonchev–Trinajstić information content (AvgIpc) is 2.70. The zero-order chi connectivity index (χ0) is 13.5. The first-order valence-corrected chi connectivity index (χ1v) is 7.81. The summed E-state index contributed by atoms with van der Waals surface area (Å²) in [5.41, 5.74) is 1.36. The molecule has 1 unspecified atom stereocenters. The number of hydrogen-bond acceptors (Lipinski definition) is 3. The predicted molar refractivity (Wildman–Crippen MR) is 82.4 cm³/mol. The van der Waals surface area contributed by atoms with Gasteiger partial charge in [-0.3, -0.25) is 0 Å². The van der Waals surface area contributed by atoms with Crippen LogP contribution < -0.4 is 5.32 Å². The van der Waals surface area contributed by atoms with Crippen LogP contribution in [0.25, 0.3) is 0 Å². The van der Waals surface area contributed by atoms with Gasteiger partial charge in [0.15, 0.2) is 0 Å². The molecule has 0 spiro atoms. The van der Waals surface area contributed by atoms with E-state index in [0.29, 0.717) is 6.04 Å². The van der Waals surface area contributed by atoms with Crippen LogP contribution in [0.1, 0.15) is 24.4 Å². The summed E-state index contributed by atoms with van der Waals surface area (Å²) in [7, 11) is 2.04. The average molecular weight is 327 g/mol. The Morgan fingerprint density at radius 1 is 1.26 bits per heavy atom. The van der Waals surface area contributed by atoms with Crippen molar-refractivity contribution in [1.29, 1.82) is 0 Å². The molecule has 1 aliphatic rings. The van der Waals surface area contributed by atoms with E-state index in [2.05, 4.69) is 50.4 Å². The molecule has 1 aromatic carbocycles. The Kier molecular flexibility index (Phi) is 6.31. The molecule has 2 rings (SSSR count). The van der Waals surface area contributed by atoms with E-state index in [0.717, 1.165) is 50.2 Å². The van der Waals surface area contributed by atoms with Crippen LogP contribution >= 0.6 is 15.9 Å². The predicted octanol–water partition coefficient (Wildman–Crippen LogP) is 2.82. The Hall–Kier alpha value is -0.420. The molecule has 0 saturated carbocycles. The SMILES string of the molecule is CNC(CCN1CCCOCC1)c1ccc(Br)cc1. The molecular weight excluding hydrogens is 304 g/mol. The second-order valence-corrected chi connectivity index (χ2v) is 5.90. The lowest BCUT2D eigenvalue weighted by Gasteiger charge is -2.23. The Labute approximate surface area is 124 Å². The summed E-state index contributed by atoms with van der Waals surface area (Å²) in [6.07, 6.45) is 2.29. The lowest BCUT2D eigenvalue weighted by atomic mass is 10.0. The quantitative estimate of drug-likeness (QED) is 0.900. The Morgan fingerprint density at radius 2 is 2.05 bits per heavy atom. The highest BCUT2D eigenvalue weighted by Gasteiger charge is 2.13. The summed E-state index contributed by atoms with van der Waals surface area (Å²) in [5, 5.41) is 3.42. The summed E-state index contributed by atoms with van der Waals surface area (Å²) < 4.78 is 6.63. The van der Waals surface area contributed by atoms with Crippen molar-refractivity contribution in [3.63, 3.8) is 0 Å². The molecule has 1 atom stereocenters. The van der Waals surface area contributed by atoms with Gasteiger partial charge in [-0.1, -0.05) is 28.1 Å². The van der Waals surface area contributed by atoms with Crippen molar-refractivity contribution in [1.82, 2.24) is 10.2 Å². The molecule has 1 fully saturated rings. The molecule has 0 aliphatic carbocycles. The molecule has 4 heteroatoms. The fourth-order valence-electron chi connectivity index (χ4n) is 2.51. The molecule has 0 radical (unpaired) electrons. The summed E-state index contributed by atoms with van der Waals surface area (Å²) in [6.45, 7) is 5.15. The van der Waals surface area contributed by atoms with Gasteiger partial charge < -0.3 is 15.0 Å². The summed E-state index contributed by atoms with van der Waals surface area (Å²) in [4.78, 5) is 2.51. The van der Waals surface area contributed by atoms with Gasteiger partial charge in [-0.25, -0.2) is 0 Å². The number of nitrogens with one attached hydrogen (secondary N) is 1. The van der Waals surface area contributed by atoms with Crippen molar-refractivity contribution < 1.29 is 4.74 Å². The third-order valence-electron chi connectivity index (χ3n) is 3.67. The Bertz CT molecular complexity index is 361.